The van der Waals surface area contributed by atoms with Gasteiger partial charge >= 0.3 is 0 Å². The number of nitrogens with zero attached hydrogens (tertiary/aromatic N) is 2. The number of carbonyl (C=O) groups is 1. The van der Waals surface area contributed by atoms with Crippen molar-refractivity contribution in [3.63, 3.8) is 0 Å². The molecule has 0 aliphatic carbocycles. The zero-order chi connectivity index (χ0) is 25.8. The van der Waals surface area contributed by atoms with Gasteiger partial charge in [0.1, 0.15) is 0 Å². The Kier molecular flexibility index (Phi) is 7.58. The van der Waals surface area contributed by atoms with Crippen molar-refractivity contribution in [2.75, 3.05) is 29.3 Å². The van der Waals surface area contributed by atoms with Crippen molar-refractivity contribution in [2.45, 2.75) is 22.6 Å². The van der Waals surface area contributed by atoms with Crippen LogP contribution in [-0.2, 0) is 20.0 Å². The molecular formula is C26H27N3O5S2. The Labute approximate surface area is 212 Å². The molecule has 1 amide bonds. The summed E-state index contributed by atoms with van der Waals surface area (Å²) in [6.45, 7) is 4.74. The highest BCUT2D eigenvalue weighted by Gasteiger charge is 2.27. The summed E-state index contributed by atoms with van der Waals surface area (Å²) in [6.07, 6.45) is 3.19. The maximum atomic E-state index is 13.4. The van der Waals surface area contributed by atoms with E-state index >= 15 is 0 Å². The molecular weight excluding hydrogens is 498 g/mol. The van der Waals surface area contributed by atoms with Gasteiger partial charge in [-0.1, -0.05) is 30.3 Å². The summed E-state index contributed by atoms with van der Waals surface area (Å²) in [5, 5.41) is 2.70. The first kappa shape index (κ1) is 25.6. The number of anilines is 2. The van der Waals surface area contributed by atoms with Crippen LogP contribution in [0.5, 0.6) is 0 Å². The average Bonchev–Trinajstić information content (AvgIpc) is 3.44. The zero-order valence-corrected chi connectivity index (χ0v) is 21.2. The summed E-state index contributed by atoms with van der Waals surface area (Å²) in [5.41, 5.74) is 1.03. The van der Waals surface area contributed by atoms with E-state index in [1.54, 1.807) is 30.3 Å². The molecule has 0 bridgehead atoms. The Morgan fingerprint density at radius 3 is 2.19 bits per heavy atom. The number of sulfonamides is 2. The second-order valence-electron chi connectivity index (χ2n) is 8.28. The molecule has 10 heteroatoms. The Bertz CT molecular complexity index is 1450. The first-order valence-electron chi connectivity index (χ1n) is 11.4. The lowest BCUT2D eigenvalue weighted by atomic mass is 10.2. The van der Waals surface area contributed by atoms with Gasteiger partial charge in [0.2, 0.25) is 10.0 Å². The minimum absolute atomic E-state index is 0.0343. The van der Waals surface area contributed by atoms with Gasteiger partial charge in [0.05, 0.1) is 22.0 Å². The summed E-state index contributed by atoms with van der Waals surface area (Å²) in [5.74, 6) is -0.516. The summed E-state index contributed by atoms with van der Waals surface area (Å²) in [4.78, 5) is 13.0. The van der Waals surface area contributed by atoms with Crippen molar-refractivity contribution in [2.24, 2.45) is 0 Å². The van der Waals surface area contributed by atoms with Gasteiger partial charge < -0.3 is 5.32 Å². The quantitative estimate of drug-likeness (QED) is 0.424. The smallest absolute Gasteiger partial charge is 0.264 e. The molecule has 0 unspecified atom stereocenters. The summed E-state index contributed by atoms with van der Waals surface area (Å²) in [6, 6.07) is 20.4. The number of rotatable bonds is 9. The molecule has 0 saturated carbocycles. The first-order chi connectivity index (χ1) is 17.2. The highest BCUT2D eigenvalue weighted by molar-refractivity contribution is 7.92. The number of amides is 1. The number of nitrogens with one attached hydrogen (secondary N) is 1. The van der Waals surface area contributed by atoms with Gasteiger partial charge in [-0.2, -0.15) is 4.31 Å². The lowest BCUT2D eigenvalue weighted by Crippen LogP contribution is -2.31. The summed E-state index contributed by atoms with van der Waals surface area (Å²) >= 11 is 0. The van der Waals surface area contributed by atoms with Crippen molar-refractivity contribution in [1.82, 2.24) is 4.31 Å². The average molecular weight is 526 g/mol. The molecule has 3 aromatic carbocycles. The van der Waals surface area contributed by atoms with Crippen molar-refractivity contribution in [3.8, 4) is 0 Å². The maximum Gasteiger partial charge on any atom is 0.264 e. The van der Waals surface area contributed by atoms with Crippen molar-refractivity contribution < 1.29 is 21.6 Å². The third kappa shape index (κ3) is 5.35. The molecule has 0 spiro atoms. The van der Waals surface area contributed by atoms with Crippen LogP contribution in [0, 0.1) is 0 Å². The van der Waals surface area contributed by atoms with Crippen LogP contribution >= 0.6 is 0 Å². The van der Waals surface area contributed by atoms with E-state index in [4.69, 9.17) is 0 Å². The molecule has 0 atom stereocenters. The molecule has 3 aromatic rings. The van der Waals surface area contributed by atoms with Crippen LogP contribution in [0.3, 0.4) is 0 Å². The minimum Gasteiger partial charge on any atom is -0.322 e. The fraction of sp³-hybridized carbons (Fsp3) is 0.192. The minimum atomic E-state index is -3.96. The maximum absolute atomic E-state index is 13.4. The van der Waals surface area contributed by atoms with Gasteiger partial charge in [0.15, 0.2) is 0 Å². The second-order valence-corrected chi connectivity index (χ2v) is 12.1. The van der Waals surface area contributed by atoms with Gasteiger partial charge in [-0.05, 0) is 67.4 Å². The van der Waals surface area contributed by atoms with Crippen LogP contribution in [0.4, 0.5) is 11.4 Å². The number of benzene rings is 3. The highest BCUT2D eigenvalue weighted by Crippen LogP contribution is 2.25. The Balaban J connectivity index is 1.53. The van der Waals surface area contributed by atoms with E-state index in [0.29, 0.717) is 24.5 Å². The fourth-order valence-corrected chi connectivity index (χ4v) is 6.97. The van der Waals surface area contributed by atoms with E-state index in [1.165, 1.54) is 63.2 Å². The van der Waals surface area contributed by atoms with Gasteiger partial charge in [0, 0.05) is 24.3 Å². The number of carbonyl (C=O) groups excluding carboxylic acids is 1. The molecule has 1 saturated heterocycles. The van der Waals surface area contributed by atoms with E-state index in [9.17, 15) is 21.6 Å². The van der Waals surface area contributed by atoms with Crippen LogP contribution in [0.25, 0.3) is 0 Å². The highest BCUT2D eigenvalue weighted by atomic mass is 32.2. The monoisotopic (exact) mass is 525 g/mol. The molecule has 1 fully saturated rings. The molecule has 36 heavy (non-hydrogen) atoms. The van der Waals surface area contributed by atoms with Crippen molar-refractivity contribution in [1.29, 1.82) is 0 Å². The molecule has 0 aromatic heterocycles. The molecule has 1 aliphatic rings. The molecule has 1 N–H and O–H groups in total. The summed E-state index contributed by atoms with van der Waals surface area (Å²) < 4.78 is 54.8. The molecule has 1 heterocycles. The van der Waals surface area contributed by atoms with Gasteiger partial charge in [0.25, 0.3) is 15.9 Å². The normalized spacial score (nSPS) is 14.3. The zero-order valence-electron chi connectivity index (χ0n) is 19.6. The number of hydrogen-bond donors (Lipinski definition) is 1. The fourth-order valence-electron chi connectivity index (χ4n) is 3.97. The standard InChI is InChI=1S/C26H27N3O5S2/c1-2-17-29(23-10-4-3-5-11-23)36(33,34)25-12-8-9-21(20-25)26(30)27-22-13-15-24(16-14-22)35(31,32)28-18-6-7-19-28/h2-5,8-16,20H,1,6-7,17-19H2,(H,27,30). The number of hydrogen-bond acceptors (Lipinski definition) is 5. The SMILES string of the molecule is C=CCN(c1ccccc1)S(=O)(=O)c1cccc(C(=O)Nc2ccc(S(=O)(=O)N3CCCC3)cc2)c1. The van der Waals surface area contributed by atoms with Crippen molar-refractivity contribution >= 4 is 37.3 Å². The lowest BCUT2D eigenvalue weighted by molar-refractivity contribution is 0.102. The molecule has 4 rings (SSSR count). The van der Waals surface area contributed by atoms with Crippen LogP contribution in [0.2, 0.25) is 0 Å². The Morgan fingerprint density at radius 1 is 0.889 bits per heavy atom. The first-order valence-corrected chi connectivity index (χ1v) is 14.3. The van der Waals surface area contributed by atoms with Gasteiger partial charge in [-0.15, -0.1) is 6.58 Å². The molecule has 1 aliphatic heterocycles. The van der Waals surface area contributed by atoms with Crippen LogP contribution < -0.4 is 9.62 Å². The van der Waals surface area contributed by atoms with Crippen LogP contribution in [0.1, 0.15) is 23.2 Å². The van der Waals surface area contributed by atoms with Crippen molar-refractivity contribution in [3.05, 3.63) is 97.1 Å². The second kappa shape index (κ2) is 10.7. The van der Waals surface area contributed by atoms with E-state index in [-0.39, 0.29) is 21.9 Å². The number of para-hydroxylation sites is 1. The molecule has 8 nitrogen and oxygen atoms in total. The van der Waals surface area contributed by atoms with Gasteiger partial charge in [-0.3, -0.25) is 9.10 Å². The third-order valence-corrected chi connectivity index (χ3v) is 9.54. The topological polar surface area (TPSA) is 104 Å². The van der Waals surface area contributed by atoms with Gasteiger partial charge in [-0.25, -0.2) is 16.8 Å². The summed E-state index contributed by atoms with van der Waals surface area (Å²) in [7, 11) is -7.52. The molecule has 0 radical (unpaired) electrons. The van der Waals surface area contributed by atoms with Crippen LogP contribution in [-0.4, -0.2) is 46.7 Å². The predicted octanol–water partition coefficient (Wildman–Crippen LogP) is 4.10. The molecule has 188 valence electrons. The van der Waals surface area contributed by atoms with E-state index in [2.05, 4.69) is 11.9 Å². The van der Waals surface area contributed by atoms with E-state index < -0.39 is 26.0 Å². The predicted molar refractivity (Wildman–Crippen MR) is 140 cm³/mol. The Hall–Kier alpha value is -3.47. The van der Waals surface area contributed by atoms with E-state index in [0.717, 1.165) is 12.8 Å². The largest absolute Gasteiger partial charge is 0.322 e. The lowest BCUT2D eigenvalue weighted by Gasteiger charge is -2.23. The third-order valence-electron chi connectivity index (χ3n) is 5.84. The van der Waals surface area contributed by atoms with Crippen LogP contribution in [0.15, 0.2) is 101 Å². The van der Waals surface area contributed by atoms with E-state index in [1.807, 2.05) is 0 Å². The Morgan fingerprint density at radius 2 is 1.56 bits per heavy atom.